The fourth-order valence-electron chi connectivity index (χ4n) is 4.14. The summed E-state index contributed by atoms with van der Waals surface area (Å²) in [7, 11) is 0. The molecule has 3 aromatic heterocycles. The van der Waals surface area contributed by atoms with Crippen molar-refractivity contribution in [2.45, 2.75) is 26.6 Å². The molecule has 5 rings (SSSR count). The number of hydrogen-bond donors (Lipinski definition) is 3. The standard InChI is InChI=1S/C27H25N7O3.ClH/c1-17-11-31-33(13-17)14-18-2-4-19(5-3-18)15-34-16-23(24(32-34)27(36)37)26(35)30-12-20-6-7-22-21(10-20)8-9-29-25(22)28;/h2-11,13,16H,12,14-15H2,1H3,(H2,28,29)(H,30,35)(H,36,37);1H. The second-order valence-electron chi connectivity index (χ2n) is 8.86. The van der Waals surface area contributed by atoms with Gasteiger partial charge in [-0.15, -0.1) is 12.4 Å². The molecule has 0 fully saturated rings. The minimum atomic E-state index is -1.26. The zero-order valence-corrected chi connectivity index (χ0v) is 21.4. The molecule has 0 aliphatic heterocycles. The first-order valence-electron chi connectivity index (χ1n) is 11.6. The molecular formula is C27H26ClN7O3. The van der Waals surface area contributed by atoms with Crippen molar-refractivity contribution in [2.24, 2.45) is 0 Å². The number of nitrogen functional groups attached to an aromatic ring is 1. The molecule has 0 radical (unpaired) electrons. The van der Waals surface area contributed by atoms with E-state index in [1.807, 2.05) is 72.5 Å². The van der Waals surface area contributed by atoms with Crippen molar-refractivity contribution in [2.75, 3.05) is 5.73 Å². The highest BCUT2D eigenvalue weighted by Crippen LogP contribution is 2.20. The van der Waals surface area contributed by atoms with Gasteiger partial charge in [0.15, 0.2) is 5.69 Å². The van der Waals surface area contributed by atoms with Crippen LogP contribution >= 0.6 is 12.4 Å². The van der Waals surface area contributed by atoms with E-state index >= 15 is 0 Å². The van der Waals surface area contributed by atoms with Crippen LogP contribution in [0.4, 0.5) is 5.82 Å². The van der Waals surface area contributed by atoms with Crippen LogP contribution in [0, 0.1) is 6.92 Å². The number of nitrogens with one attached hydrogen (secondary N) is 1. The molecule has 0 saturated heterocycles. The zero-order valence-electron chi connectivity index (χ0n) is 20.5. The number of benzene rings is 2. The summed E-state index contributed by atoms with van der Waals surface area (Å²) >= 11 is 0. The second kappa shape index (κ2) is 11.1. The molecular weight excluding hydrogens is 506 g/mol. The first-order chi connectivity index (χ1) is 17.9. The largest absolute Gasteiger partial charge is 0.476 e. The number of carbonyl (C=O) groups excluding carboxylic acids is 1. The maximum absolute atomic E-state index is 12.9. The molecule has 10 nitrogen and oxygen atoms in total. The van der Waals surface area contributed by atoms with Crippen LogP contribution in [0.2, 0.25) is 0 Å². The van der Waals surface area contributed by atoms with Crippen molar-refractivity contribution in [1.29, 1.82) is 0 Å². The van der Waals surface area contributed by atoms with E-state index in [1.165, 1.54) is 10.9 Å². The van der Waals surface area contributed by atoms with Crippen molar-refractivity contribution in [3.63, 3.8) is 0 Å². The van der Waals surface area contributed by atoms with Gasteiger partial charge in [0.2, 0.25) is 0 Å². The van der Waals surface area contributed by atoms with Gasteiger partial charge in [-0.2, -0.15) is 10.2 Å². The van der Waals surface area contributed by atoms with E-state index in [-0.39, 0.29) is 30.2 Å². The Labute approximate surface area is 224 Å². The predicted octanol–water partition coefficient (Wildman–Crippen LogP) is 3.67. The van der Waals surface area contributed by atoms with E-state index in [2.05, 4.69) is 20.5 Å². The number of rotatable bonds is 8. The molecule has 0 bridgehead atoms. The van der Waals surface area contributed by atoms with E-state index in [0.29, 0.717) is 18.9 Å². The molecule has 38 heavy (non-hydrogen) atoms. The van der Waals surface area contributed by atoms with E-state index in [9.17, 15) is 14.7 Å². The lowest BCUT2D eigenvalue weighted by Crippen LogP contribution is -2.24. The molecule has 194 valence electrons. The Bertz CT molecular complexity index is 1610. The summed E-state index contributed by atoms with van der Waals surface area (Å²) in [4.78, 5) is 28.7. The number of aromatic nitrogens is 5. The van der Waals surface area contributed by atoms with Gasteiger partial charge in [0.1, 0.15) is 5.82 Å². The topological polar surface area (TPSA) is 141 Å². The summed E-state index contributed by atoms with van der Waals surface area (Å²) in [5.74, 6) is -1.33. The molecule has 1 amide bonds. The lowest BCUT2D eigenvalue weighted by atomic mass is 10.1. The fraction of sp³-hybridized carbons (Fsp3) is 0.148. The molecule has 2 aromatic carbocycles. The summed E-state index contributed by atoms with van der Waals surface area (Å²) in [6.45, 7) is 3.20. The van der Waals surface area contributed by atoms with Gasteiger partial charge < -0.3 is 16.2 Å². The van der Waals surface area contributed by atoms with Gasteiger partial charge in [0.05, 0.1) is 24.8 Å². The van der Waals surface area contributed by atoms with E-state index in [4.69, 9.17) is 5.73 Å². The van der Waals surface area contributed by atoms with Crippen LogP contribution in [0.25, 0.3) is 10.8 Å². The smallest absolute Gasteiger partial charge is 0.357 e. The molecule has 0 saturated carbocycles. The van der Waals surface area contributed by atoms with Crippen LogP contribution in [0.15, 0.2) is 73.3 Å². The molecule has 5 aromatic rings. The number of nitrogens with zero attached hydrogens (tertiary/aromatic N) is 5. The second-order valence-corrected chi connectivity index (χ2v) is 8.86. The van der Waals surface area contributed by atoms with E-state index in [0.717, 1.165) is 33.0 Å². The van der Waals surface area contributed by atoms with Gasteiger partial charge in [0, 0.05) is 30.5 Å². The number of aromatic carboxylic acids is 1. The van der Waals surface area contributed by atoms with Crippen molar-refractivity contribution < 1.29 is 14.7 Å². The minimum absolute atomic E-state index is 0. The maximum Gasteiger partial charge on any atom is 0.357 e. The third kappa shape index (κ3) is 5.81. The quantitative estimate of drug-likeness (QED) is 0.277. The number of carboxylic acids is 1. The summed E-state index contributed by atoms with van der Waals surface area (Å²) in [6, 6.07) is 15.3. The van der Waals surface area contributed by atoms with Crippen LogP contribution in [-0.2, 0) is 19.6 Å². The lowest BCUT2D eigenvalue weighted by Gasteiger charge is -2.07. The van der Waals surface area contributed by atoms with Gasteiger partial charge in [0.25, 0.3) is 5.91 Å². The van der Waals surface area contributed by atoms with E-state index in [1.54, 1.807) is 6.20 Å². The Morgan fingerprint density at radius 2 is 1.66 bits per heavy atom. The summed E-state index contributed by atoms with van der Waals surface area (Å²) in [5, 5.41) is 22.6. The highest BCUT2D eigenvalue weighted by atomic mass is 35.5. The molecule has 0 aliphatic carbocycles. The summed E-state index contributed by atoms with van der Waals surface area (Å²) < 4.78 is 3.34. The molecule has 11 heteroatoms. The van der Waals surface area contributed by atoms with Gasteiger partial charge in [-0.05, 0) is 46.7 Å². The van der Waals surface area contributed by atoms with E-state index < -0.39 is 11.9 Å². The molecule has 4 N–H and O–H groups in total. The highest BCUT2D eigenvalue weighted by molar-refractivity contribution is 6.03. The number of amides is 1. The van der Waals surface area contributed by atoms with Crippen LogP contribution in [0.3, 0.4) is 0 Å². The van der Waals surface area contributed by atoms with Gasteiger partial charge in [-0.1, -0.05) is 36.4 Å². The number of anilines is 1. The number of carbonyl (C=O) groups is 2. The number of aryl methyl sites for hydroxylation is 1. The average molecular weight is 532 g/mol. The molecule has 0 aliphatic rings. The number of hydrogen-bond acceptors (Lipinski definition) is 6. The number of carboxylic acid groups (broad SMARTS) is 1. The predicted molar refractivity (Wildman–Crippen MR) is 145 cm³/mol. The zero-order chi connectivity index (χ0) is 25.9. The monoisotopic (exact) mass is 531 g/mol. The molecule has 0 unspecified atom stereocenters. The average Bonchev–Trinajstić information content (AvgIpc) is 3.50. The van der Waals surface area contributed by atoms with Crippen molar-refractivity contribution in [3.8, 4) is 0 Å². The summed E-state index contributed by atoms with van der Waals surface area (Å²) in [5.41, 5.74) is 9.58. The highest BCUT2D eigenvalue weighted by Gasteiger charge is 2.21. The number of pyridine rings is 1. The Kier molecular flexibility index (Phi) is 7.73. The van der Waals surface area contributed by atoms with Crippen LogP contribution in [0.5, 0.6) is 0 Å². The molecule has 0 spiro atoms. The van der Waals surface area contributed by atoms with Crippen LogP contribution in [-0.4, -0.2) is 41.5 Å². The van der Waals surface area contributed by atoms with Gasteiger partial charge in [-0.3, -0.25) is 14.2 Å². The molecule has 3 heterocycles. The van der Waals surface area contributed by atoms with Crippen LogP contribution < -0.4 is 11.1 Å². The first-order valence-corrected chi connectivity index (χ1v) is 11.6. The minimum Gasteiger partial charge on any atom is -0.476 e. The maximum atomic E-state index is 12.9. The SMILES string of the molecule is Cc1cnn(Cc2ccc(Cn3cc(C(=O)NCc4ccc5c(N)nccc5c4)c(C(=O)O)n3)cc2)c1.Cl. The van der Waals surface area contributed by atoms with Gasteiger partial charge in [-0.25, -0.2) is 9.78 Å². The Morgan fingerprint density at radius 3 is 2.32 bits per heavy atom. The Morgan fingerprint density at radius 1 is 0.974 bits per heavy atom. The fourth-order valence-corrected chi connectivity index (χ4v) is 4.14. The van der Waals surface area contributed by atoms with Crippen molar-refractivity contribution >= 4 is 40.9 Å². The Balaban J connectivity index is 0.00000336. The lowest BCUT2D eigenvalue weighted by molar-refractivity contribution is 0.0684. The number of nitrogens with two attached hydrogens (primary N) is 1. The third-order valence-electron chi connectivity index (χ3n) is 6.00. The van der Waals surface area contributed by atoms with Crippen LogP contribution in [0.1, 0.15) is 43.1 Å². The normalized spacial score (nSPS) is 10.8. The van der Waals surface area contributed by atoms with Crippen molar-refractivity contribution in [3.05, 3.63) is 107 Å². The third-order valence-corrected chi connectivity index (χ3v) is 6.00. The summed E-state index contributed by atoms with van der Waals surface area (Å²) in [6.07, 6.45) is 6.88. The van der Waals surface area contributed by atoms with Gasteiger partial charge >= 0.3 is 5.97 Å². The Hall–Kier alpha value is -4.70. The number of fused-ring (bicyclic) bond motifs is 1. The molecule has 0 atom stereocenters. The number of halogens is 1. The van der Waals surface area contributed by atoms with Crippen molar-refractivity contribution in [1.82, 2.24) is 29.9 Å². The first kappa shape index (κ1) is 26.4.